The fourth-order valence-electron chi connectivity index (χ4n) is 1.76. The first kappa shape index (κ1) is 13.7. The summed E-state index contributed by atoms with van der Waals surface area (Å²) in [5, 5.41) is 6.82. The Labute approximate surface area is 120 Å². The van der Waals surface area contributed by atoms with Gasteiger partial charge >= 0.3 is 0 Å². The van der Waals surface area contributed by atoms with Crippen LogP contribution < -0.4 is 15.2 Å². The number of benzene rings is 1. The summed E-state index contributed by atoms with van der Waals surface area (Å²) in [7, 11) is 0. The molecule has 2 aromatic rings. The molecule has 0 bridgehead atoms. The van der Waals surface area contributed by atoms with Crippen molar-refractivity contribution in [3.63, 3.8) is 0 Å². The van der Waals surface area contributed by atoms with Crippen LogP contribution >= 0.6 is 15.9 Å². The van der Waals surface area contributed by atoms with E-state index < -0.39 is 0 Å². The number of halogens is 1. The highest BCUT2D eigenvalue weighted by Crippen LogP contribution is 2.38. The van der Waals surface area contributed by atoms with E-state index in [9.17, 15) is 0 Å². The van der Waals surface area contributed by atoms with Gasteiger partial charge < -0.3 is 15.2 Å². The molecule has 0 spiro atoms. The quantitative estimate of drug-likeness (QED) is 0.885. The second-order valence-corrected chi connectivity index (χ2v) is 4.71. The van der Waals surface area contributed by atoms with Gasteiger partial charge in [-0.25, -0.2) is 0 Å². The van der Waals surface area contributed by atoms with Crippen LogP contribution in [0.1, 0.15) is 13.8 Å². The van der Waals surface area contributed by atoms with Crippen LogP contribution in [0, 0.1) is 0 Å². The standard InChI is InChI=1S/C13H16BrN3O2/c1-3-18-11-6-9(14)12(19-4-2)5-8(11)10-7-13(15)17-16-10/h5-7H,3-4H2,1-2H3,(H3,15,16,17). The second kappa shape index (κ2) is 5.97. The number of nitrogens with zero attached hydrogens (tertiary/aromatic N) is 1. The molecule has 0 atom stereocenters. The smallest absolute Gasteiger partial charge is 0.145 e. The largest absolute Gasteiger partial charge is 0.493 e. The van der Waals surface area contributed by atoms with E-state index in [0.29, 0.717) is 19.0 Å². The van der Waals surface area contributed by atoms with E-state index in [1.807, 2.05) is 26.0 Å². The number of ether oxygens (including phenoxy) is 2. The van der Waals surface area contributed by atoms with E-state index in [1.54, 1.807) is 6.07 Å². The number of nitrogen functional groups attached to an aromatic ring is 1. The molecule has 6 heteroatoms. The van der Waals surface area contributed by atoms with Crippen LogP contribution in [0.3, 0.4) is 0 Å². The van der Waals surface area contributed by atoms with Crippen LogP contribution in [0.2, 0.25) is 0 Å². The molecule has 0 amide bonds. The normalized spacial score (nSPS) is 10.5. The van der Waals surface area contributed by atoms with Crippen LogP contribution in [0.25, 0.3) is 11.3 Å². The molecule has 0 fully saturated rings. The molecule has 2 rings (SSSR count). The van der Waals surface area contributed by atoms with Crippen LogP contribution in [-0.4, -0.2) is 23.4 Å². The van der Waals surface area contributed by atoms with Gasteiger partial charge in [-0.15, -0.1) is 0 Å². The van der Waals surface area contributed by atoms with Crippen molar-refractivity contribution in [1.82, 2.24) is 10.2 Å². The van der Waals surface area contributed by atoms with E-state index in [0.717, 1.165) is 27.2 Å². The molecule has 5 nitrogen and oxygen atoms in total. The monoisotopic (exact) mass is 325 g/mol. The fraction of sp³-hybridized carbons (Fsp3) is 0.308. The van der Waals surface area contributed by atoms with Gasteiger partial charge in [0, 0.05) is 11.6 Å². The fourth-order valence-corrected chi connectivity index (χ4v) is 2.20. The van der Waals surface area contributed by atoms with Crippen LogP contribution in [0.4, 0.5) is 5.82 Å². The highest BCUT2D eigenvalue weighted by Gasteiger charge is 2.14. The maximum atomic E-state index is 5.64. The molecule has 1 aromatic carbocycles. The predicted molar refractivity (Wildman–Crippen MR) is 78.5 cm³/mol. The Morgan fingerprint density at radius 1 is 1.16 bits per heavy atom. The third kappa shape index (κ3) is 3.01. The summed E-state index contributed by atoms with van der Waals surface area (Å²) < 4.78 is 12.1. The van der Waals surface area contributed by atoms with Crippen molar-refractivity contribution in [2.75, 3.05) is 18.9 Å². The summed E-state index contributed by atoms with van der Waals surface area (Å²) in [4.78, 5) is 0. The van der Waals surface area contributed by atoms with Gasteiger partial charge in [-0.2, -0.15) is 5.10 Å². The Hall–Kier alpha value is -1.69. The average Bonchev–Trinajstić information content (AvgIpc) is 2.79. The summed E-state index contributed by atoms with van der Waals surface area (Å²) in [6.45, 7) is 5.06. The lowest BCUT2D eigenvalue weighted by Gasteiger charge is -2.13. The molecular weight excluding hydrogens is 310 g/mol. The van der Waals surface area contributed by atoms with Crippen molar-refractivity contribution < 1.29 is 9.47 Å². The average molecular weight is 326 g/mol. The molecule has 0 saturated carbocycles. The van der Waals surface area contributed by atoms with E-state index in [2.05, 4.69) is 26.1 Å². The first-order chi connectivity index (χ1) is 9.15. The molecule has 0 unspecified atom stereocenters. The number of hydrogen-bond acceptors (Lipinski definition) is 4. The Morgan fingerprint density at radius 3 is 2.42 bits per heavy atom. The van der Waals surface area contributed by atoms with Gasteiger partial charge in [0.2, 0.25) is 0 Å². The van der Waals surface area contributed by atoms with Crippen molar-refractivity contribution in [3.8, 4) is 22.8 Å². The van der Waals surface area contributed by atoms with Crippen LogP contribution in [0.5, 0.6) is 11.5 Å². The number of aromatic nitrogens is 2. The zero-order valence-corrected chi connectivity index (χ0v) is 12.5. The molecule has 102 valence electrons. The van der Waals surface area contributed by atoms with Gasteiger partial charge in [0.15, 0.2) is 0 Å². The highest BCUT2D eigenvalue weighted by molar-refractivity contribution is 9.10. The van der Waals surface area contributed by atoms with Crippen molar-refractivity contribution in [1.29, 1.82) is 0 Å². The third-order valence-corrected chi connectivity index (χ3v) is 3.14. The van der Waals surface area contributed by atoms with Crippen LogP contribution in [-0.2, 0) is 0 Å². The number of nitrogens with one attached hydrogen (secondary N) is 1. The van der Waals surface area contributed by atoms with Crippen molar-refractivity contribution in [3.05, 3.63) is 22.7 Å². The number of aromatic amines is 1. The van der Waals surface area contributed by atoms with Gasteiger partial charge in [0.1, 0.15) is 17.3 Å². The Morgan fingerprint density at radius 2 is 1.84 bits per heavy atom. The molecule has 3 N–H and O–H groups in total. The summed E-state index contributed by atoms with van der Waals surface area (Å²) in [6.07, 6.45) is 0. The van der Waals surface area contributed by atoms with Gasteiger partial charge in [0.25, 0.3) is 0 Å². The van der Waals surface area contributed by atoms with Crippen molar-refractivity contribution in [2.45, 2.75) is 13.8 Å². The first-order valence-electron chi connectivity index (χ1n) is 6.06. The first-order valence-corrected chi connectivity index (χ1v) is 6.85. The minimum absolute atomic E-state index is 0.443. The summed E-state index contributed by atoms with van der Waals surface area (Å²) >= 11 is 3.47. The van der Waals surface area contributed by atoms with E-state index in [4.69, 9.17) is 15.2 Å². The molecule has 1 heterocycles. The molecule has 0 aliphatic heterocycles. The Bertz CT molecular complexity index is 569. The predicted octanol–water partition coefficient (Wildman–Crippen LogP) is 3.22. The number of nitrogens with two attached hydrogens (primary N) is 1. The van der Waals surface area contributed by atoms with Gasteiger partial charge in [-0.05, 0) is 41.9 Å². The maximum absolute atomic E-state index is 5.64. The zero-order chi connectivity index (χ0) is 13.8. The van der Waals surface area contributed by atoms with Gasteiger partial charge in [-0.3, -0.25) is 5.10 Å². The molecule has 19 heavy (non-hydrogen) atoms. The molecule has 0 radical (unpaired) electrons. The highest BCUT2D eigenvalue weighted by atomic mass is 79.9. The molecule has 0 saturated heterocycles. The van der Waals surface area contributed by atoms with E-state index >= 15 is 0 Å². The topological polar surface area (TPSA) is 73.2 Å². The van der Waals surface area contributed by atoms with Gasteiger partial charge in [0.05, 0.1) is 23.4 Å². The minimum Gasteiger partial charge on any atom is -0.493 e. The number of hydrogen-bond donors (Lipinski definition) is 2. The number of H-pyrrole nitrogens is 1. The summed E-state index contributed by atoms with van der Waals surface area (Å²) in [5.74, 6) is 1.95. The Kier molecular flexibility index (Phi) is 4.31. The number of anilines is 1. The zero-order valence-electron chi connectivity index (χ0n) is 10.9. The Balaban J connectivity index is 2.51. The summed E-state index contributed by atoms with van der Waals surface area (Å²) in [5.41, 5.74) is 7.32. The maximum Gasteiger partial charge on any atom is 0.145 e. The van der Waals surface area contributed by atoms with Crippen LogP contribution in [0.15, 0.2) is 22.7 Å². The molecular formula is C13H16BrN3O2. The molecule has 0 aliphatic rings. The SMILES string of the molecule is CCOc1cc(-c2cc(N)n[nH]2)c(OCC)cc1Br. The lowest BCUT2D eigenvalue weighted by atomic mass is 10.1. The van der Waals surface area contributed by atoms with E-state index in [-0.39, 0.29) is 0 Å². The van der Waals surface area contributed by atoms with E-state index in [1.165, 1.54) is 0 Å². The second-order valence-electron chi connectivity index (χ2n) is 3.85. The molecule has 1 aromatic heterocycles. The molecule has 0 aliphatic carbocycles. The minimum atomic E-state index is 0.443. The number of rotatable bonds is 5. The summed E-state index contributed by atoms with van der Waals surface area (Å²) in [6, 6.07) is 5.56. The van der Waals surface area contributed by atoms with Crippen molar-refractivity contribution in [2.24, 2.45) is 0 Å². The lowest BCUT2D eigenvalue weighted by Crippen LogP contribution is -1.98. The van der Waals surface area contributed by atoms with Gasteiger partial charge in [-0.1, -0.05) is 0 Å². The third-order valence-electron chi connectivity index (χ3n) is 2.52. The lowest BCUT2D eigenvalue weighted by molar-refractivity contribution is 0.330. The van der Waals surface area contributed by atoms with Crippen molar-refractivity contribution >= 4 is 21.7 Å².